The molecular formula is C25H34N2. The summed E-state index contributed by atoms with van der Waals surface area (Å²) in [6, 6.07) is 13.8. The number of hydrogen-bond donors (Lipinski definition) is 0. The van der Waals surface area contributed by atoms with Gasteiger partial charge in [0.2, 0.25) is 0 Å². The molecule has 2 nitrogen and oxygen atoms in total. The summed E-state index contributed by atoms with van der Waals surface area (Å²) < 4.78 is 5.26. The summed E-state index contributed by atoms with van der Waals surface area (Å²) in [4.78, 5) is 0. The molecule has 2 atom stereocenters. The van der Waals surface area contributed by atoms with Crippen molar-refractivity contribution in [1.82, 2.24) is 9.13 Å². The zero-order valence-corrected chi connectivity index (χ0v) is 17.5. The normalized spacial score (nSPS) is 19.6. The van der Waals surface area contributed by atoms with Crippen LogP contribution >= 0.6 is 0 Å². The molecule has 0 N–H and O–H groups in total. The summed E-state index contributed by atoms with van der Waals surface area (Å²) in [7, 11) is 0. The van der Waals surface area contributed by atoms with E-state index in [1.165, 1.54) is 41.6 Å². The van der Waals surface area contributed by atoms with Crippen LogP contribution in [0.15, 0.2) is 36.4 Å². The monoisotopic (exact) mass is 362 g/mol. The van der Waals surface area contributed by atoms with Gasteiger partial charge in [-0.05, 0) is 62.3 Å². The Morgan fingerprint density at radius 2 is 1.59 bits per heavy atom. The molecule has 1 aliphatic rings. The highest BCUT2D eigenvalue weighted by Crippen LogP contribution is 2.44. The first kappa shape index (κ1) is 18.4. The number of hydrogen-bond acceptors (Lipinski definition) is 0. The summed E-state index contributed by atoms with van der Waals surface area (Å²) in [6.07, 6.45) is 6.08. The molecule has 0 saturated carbocycles. The third-order valence-corrected chi connectivity index (χ3v) is 6.91. The molecule has 0 fully saturated rings. The van der Waals surface area contributed by atoms with Crippen LogP contribution in [0.1, 0.15) is 69.1 Å². The van der Waals surface area contributed by atoms with Crippen molar-refractivity contribution in [2.24, 2.45) is 5.92 Å². The molecule has 0 amide bonds. The van der Waals surface area contributed by atoms with E-state index >= 15 is 0 Å². The summed E-state index contributed by atoms with van der Waals surface area (Å²) in [5.74, 6) is 1.40. The zero-order valence-electron chi connectivity index (χ0n) is 17.5. The predicted octanol–water partition coefficient (Wildman–Crippen LogP) is 6.34. The minimum absolute atomic E-state index is 0.620. The third kappa shape index (κ3) is 2.94. The van der Waals surface area contributed by atoms with Crippen LogP contribution in [0.2, 0.25) is 0 Å². The minimum atomic E-state index is 0.620. The second-order valence-corrected chi connectivity index (χ2v) is 8.07. The van der Waals surface area contributed by atoms with Gasteiger partial charge in [-0.3, -0.25) is 0 Å². The summed E-state index contributed by atoms with van der Waals surface area (Å²) >= 11 is 0. The second-order valence-electron chi connectivity index (χ2n) is 8.07. The first-order chi connectivity index (χ1) is 13.2. The standard InChI is InChI=1S/C25H34N2/c1-5-18-13-16-22-21-11-9-10-12-24(21)26(8-4)25(22)23(18)17-27-19(6-2)14-15-20(27)7-3/h9-12,14-15,18,23H,5-8,13,16-17H2,1-4H3. The first-order valence-corrected chi connectivity index (χ1v) is 11.0. The van der Waals surface area contributed by atoms with Gasteiger partial charge in [0, 0.05) is 47.0 Å². The van der Waals surface area contributed by atoms with Crippen LogP contribution in [0.25, 0.3) is 10.9 Å². The average Bonchev–Trinajstić information content (AvgIpc) is 3.26. The number of fused-ring (bicyclic) bond motifs is 3. The Morgan fingerprint density at radius 1 is 0.889 bits per heavy atom. The van der Waals surface area contributed by atoms with E-state index in [1.807, 2.05) is 0 Å². The summed E-state index contributed by atoms with van der Waals surface area (Å²) in [5, 5.41) is 1.49. The minimum Gasteiger partial charge on any atom is -0.348 e. The van der Waals surface area contributed by atoms with Crippen LogP contribution in [0, 0.1) is 5.92 Å². The van der Waals surface area contributed by atoms with Crippen molar-refractivity contribution in [3.63, 3.8) is 0 Å². The lowest BCUT2D eigenvalue weighted by Crippen LogP contribution is -2.27. The molecule has 2 heteroatoms. The van der Waals surface area contributed by atoms with Crippen molar-refractivity contribution in [2.75, 3.05) is 0 Å². The molecule has 0 aliphatic heterocycles. The van der Waals surface area contributed by atoms with Gasteiger partial charge in [0.15, 0.2) is 0 Å². The van der Waals surface area contributed by atoms with Gasteiger partial charge >= 0.3 is 0 Å². The Morgan fingerprint density at radius 3 is 2.22 bits per heavy atom. The van der Waals surface area contributed by atoms with E-state index in [0.29, 0.717) is 5.92 Å². The number of para-hydroxylation sites is 1. The lowest BCUT2D eigenvalue weighted by Gasteiger charge is -2.34. The molecule has 1 aromatic carbocycles. The molecule has 1 aliphatic carbocycles. The fourth-order valence-electron chi connectivity index (χ4n) is 5.51. The highest BCUT2D eigenvalue weighted by molar-refractivity contribution is 5.86. The maximum absolute atomic E-state index is 2.64. The predicted molar refractivity (Wildman–Crippen MR) is 116 cm³/mol. The van der Waals surface area contributed by atoms with Gasteiger partial charge in [0.05, 0.1) is 0 Å². The zero-order chi connectivity index (χ0) is 19.0. The van der Waals surface area contributed by atoms with Gasteiger partial charge in [0.1, 0.15) is 0 Å². The smallest absolute Gasteiger partial charge is 0.0485 e. The summed E-state index contributed by atoms with van der Waals surface area (Å²) in [6.45, 7) is 11.5. The topological polar surface area (TPSA) is 9.86 Å². The van der Waals surface area contributed by atoms with Gasteiger partial charge in [0.25, 0.3) is 0 Å². The quantitative estimate of drug-likeness (QED) is 0.484. The van der Waals surface area contributed by atoms with Crippen LogP contribution in [0.4, 0.5) is 0 Å². The Bertz CT molecular complexity index is 873. The van der Waals surface area contributed by atoms with Crippen LogP contribution in [0.3, 0.4) is 0 Å². The van der Waals surface area contributed by atoms with Crippen molar-refractivity contribution in [3.05, 3.63) is 59.0 Å². The van der Waals surface area contributed by atoms with Gasteiger partial charge in [-0.2, -0.15) is 0 Å². The first-order valence-electron chi connectivity index (χ1n) is 11.0. The van der Waals surface area contributed by atoms with E-state index in [-0.39, 0.29) is 0 Å². The number of rotatable bonds is 6. The molecular weight excluding hydrogens is 328 g/mol. The van der Waals surface area contributed by atoms with Gasteiger partial charge in [-0.15, -0.1) is 0 Å². The van der Waals surface area contributed by atoms with Crippen LogP contribution in [0.5, 0.6) is 0 Å². The maximum atomic E-state index is 2.64. The molecule has 4 rings (SSSR count). The Balaban J connectivity index is 1.87. The van der Waals surface area contributed by atoms with E-state index in [4.69, 9.17) is 0 Å². The Labute approximate surface area is 164 Å². The van der Waals surface area contributed by atoms with Crippen LogP contribution in [-0.2, 0) is 32.4 Å². The fraction of sp³-hybridized carbons (Fsp3) is 0.520. The van der Waals surface area contributed by atoms with Crippen LogP contribution in [-0.4, -0.2) is 9.13 Å². The third-order valence-electron chi connectivity index (χ3n) is 6.91. The van der Waals surface area contributed by atoms with Crippen molar-refractivity contribution >= 4 is 10.9 Å². The van der Waals surface area contributed by atoms with Crippen LogP contribution < -0.4 is 0 Å². The second kappa shape index (κ2) is 7.58. The molecule has 0 bridgehead atoms. The summed E-state index contributed by atoms with van der Waals surface area (Å²) in [5.41, 5.74) is 7.69. The lowest BCUT2D eigenvalue weighted by atomic mass is 9.76. The van der Waals surface area contributed by atoms with Crippen molar-refractivity contribution in [3.8, 4) is 0 Å². The van der Waals surface area contributed by atoms with Crippen molar-refractivity contribution in [1.29, 1.82) is 0 Å². The van der Waals surface area contributed by atoms with Gasteiger partial charge in [-0.1, -0.05) is 45.4 Å². The lowest BCUT2D eigenvalue weighted by molar-refractivity contribution is 0.313. The van der Waals surface area contributed by atoms with E-state index in [0.717, 1.165) is 31.8 Å². The van der Waals surface area contributed by atoms with E-state index in [1.54, 1.807) is 11.3 Å². The fourth-order valence-corrected chi connectivity index (χ4v) is 5.51. The van der Waals surface area contributed by atoms with E-state index in [2.05, 4.69) is 73.2 Å². The highest BCUT2D eigenvalue weighted by Gasteiger charge is 2.34. The molecule has 3 aromatic rings. The molecule has 0 radical (unpaired) electrons. The molecule has 2 heterocycles. The van der Waals surface area contributed by atoms with E-state index in [9.17, 15) is 0 Å². The molecule has 0 spiro atoms. The number of aryl methyl sites for hydroxylation is 4. The van der Waals surface area contributed by atoms with Gasteiger partial charge in [-0.25, -0.2) is 0 Å². The number of aromatic nitrogens is 2. The highest BCUT2D eigenvalue weighted by atomic mass is 15.0. The number of benzene rings is 1. The Kier molecular flexibility index (Phi) is 5.16. The van der Waals surface area contributed by atoms with E-state index < -0.39 is 0 Å². The average molecular weight is 363 g/mol. The molecule has 2 aromatic heterocycles. The molecule has 144 valence electrons. The molecule has 27 heavy (non-hydrogen) atoms. The maximum Gasteiger partial charge on any atom is 0.0485 e. The Hall–Kier alpha value is -1.96. The van der Waals surface area contributed by atoms with Crippen molar-refractivity contribution < 1.29 is 0 Å². The number of nitrogens with zero attached hydrogens (tertiary/aromatic N) is 2. The largest absolute Gasteiger partial charge is 0.348 e. The van der Waals surface area contributed by atoms with Crippen molar-refractivity contribution in [2.45, 2.75) is 78.8 Å². The SMILES string of the molecule is CCc1ccc(CC)n1CC1c2c(c3ccccc3n2CC)CCC1CC. The molecule has 0 saturated heterocycles. The van der Waals surface area contributed by atoms with Gasteiger partial charge < -0.3 is 9.13 Å². The molecule has 2 unspecified atom stereocenters.